The van der Waals surface area contributed by atoms with Crippen LogP contribution in [0.15, 0.2) is 0 Å². The first-order valence-electron chi connectivity index (χ1n) is 3.82. The Morgan fingerprint density at radius 2 is 2.25 bits per heavy atom. The maximum atomic E-state index is 11.1. The van der Waals surface area contributed by atoms with Crippen molar-refractivity contribution in [1.29, 1.82) is 0 Å². The molecule has 0 aromatic heterocycles. The number of carbonyl (C=O) groups excluding carboxylic acids is 2. The Morgan fingerprint density at radius 1 is 1.58 bits per heavy atom. The van der Waals surface area contributed by atoms with Gasteiger partial charge >= 0.3 is 0 Å². The van der Waals surface area contributed by atoms with Crippen molar-refractivity contribution in [1.82, 2.24) is 4.90 Å². The molecule has 0 aliphatic rings. The molecule has 0 unspecified atom stereocenters. The minimum atomic E-state index is -0.187. The van der Waals surface area contributed by atoms with Crippen LogP contribution < -0.4 is 5.73 Å². The molecule has 0 heterocycles. The lowest BCUT2D eigenvalue weighted by Gasteiger charge is -2.13. The molecule has 0 aliphatic heterocycles. The first-order valence-corrected chi connectivity index (χ1v) is 4.45. The van der Waals surface area contributed by atoms with Crippen LogP contribution in [-0.4, -0.2) is 36.1 Å². The van der Waals surface area contributed by atoms with Gasteiger partial charge in [-0.05, 0) is 18.7 Å². The molecule has 0 atom stereocenters. The lowest BCUT2D eigenvalue weighted by molar-refractivity contribution is -0.137. The van der Waals surface area contributed by atoms with E-state index in [1.807, 2.05) is 0 Å². The van der Waals surface area contributed by atoms with Gasteiger partial charge in [0.2, 0.25) is 12.3 Å². The van der Waals surface area contributed by atoms with E-state index in [2.05, 4.69) is 12.6 Å². The number of nitrogens with two attached hydrogens (primary N) is 1. The van der Waals surface area contributed by atoms with Gasteiger partial charge in [-0.1, -0.05) is 0 Å². The number of nitrogens with zero attached hydrogens (tertiary/aromatic N) is 1. The zero-order chi connectivity index (χ0) is 9.40. The lowest BCUT2D eigenvalue weighted by atomic mass is 10.3. The molecule has 0 aliphatic carbocycles. The van der Waals surface area contributed by atoms with Crippen molar-refractivity contribution in [2.24, 2.45) is 5.73 Å². The first kappa shape index (κ1) is 11.4. The second-order valence-electron chi connectivity index (χ2n) is 2.31. The predicted octanol–water partition coefficient (Wildman–Crippen LogP) is -0.360. The number of carbonyl (C=O) groups is 2. The van der Waals surface area contributed by atoms with Gasteiger partial charge < -0.3 is 5.73 Å². The van der Waals surface area contributed by atoms with E-state index in [1.165, 1.54) is 0 Å². The van der Waals surface area contributed by atoms with Gasteiger partial charge in [0.15, 0.2) is 0 Å². The van der Waals surface area contributed by atoms with Gasteiger partial charge in [0.05, 0.1) is 0 Å². The van der Waals surface area contributed by atoms with Crippen LogP contribution in [0.4, 0.5) is 0 Å². The van der Waals surface area contributed by atoms with Crippen LogP contribution in [-0.2, 0) is 9.59 Å². The smallest absolute Gasteiger partial charge is 0.229 e. The molecule has 0 rings (SSSR count). The second-order valence-corrected chi connectivity index (χ2v) is 2.76. The van der Waals surface area contributed by atoms with Crippen molar-refractivity contribution in [3.05, 3.63) is 0 Å². The molecule has 2 amide bonds. The topological polar surface area (TPSA) is 63.4 Å². The normalized spacial score (nSPS) is 9.50. The SMILES string of the molecule is NCCCN(C=O)C(=O)CCS. The fourth-order valence-corrected chi connectivity index (χ4v) is 0.928. The summed E-state index contributed by atoms with van der Waals surface area (Å²) in [6, 6.07) is 0. The second kappa shape index (κ2) is 7.12. The van der Waals surface area contributed by atoms with Gasteiger partial charge in [-0.25, -0.2) is 0 Å². The third kappa shape index (κ3) is 4.35. The summed E-state index contributed by atoms with van der Waals surface area (Å²) in [5, 5.41) is 0. The van der Waals surface area contributed by atoms with E-state index in [-0.39, 0.29) is 5.91 Å². The third-order valence-electron chi connectivity index (χ3n) is 1.38. The number of amides is 2. The number of rotatable bonds is 6. The Hall–Kier alpha value is -0.550. The largest absolute Gasteiger partial charge is 0.330 e. The van der Waals surface area contributed by atoms with Gasteiger partial charge in [0.1, 0.15) is 0 Å². The van der Waals surface area contributed by atoms with Crippen LogP contribution in [0.5, 0.6) is 0 Å². The van der Waals surface area contributed by atoms with Crippen LogP contribution in [0.25, 0.3) is 0 Å². The van der Waals surface area contributed by atoms with Crippen molar-refractivity contribution in [3.63, 3.8) is 0 Å². The standard InChI is InChI=1S/C7H14N2O2S/c8-3-1-4-9(6-10)7(11)2-5-12/h6,12H,1-5,8H2. The first-order chi connectivity index (χ1) is 5.76. The van der Waals surface area contributed by atoms with Crippen LogP contribution in [0.2, 0.25) is 0 Å². The van der Waals surface area contributed by atoms with Gasteiger partial charge in [-0.15, -0.1) is 0 Å². The van der Waals surface area contributed by atoms with Crippen molar-refractivity contribution in [3.8, 4) is 0 Å². The third-order valence-corrected chi connectivity index (χ3v) is 1.60. The quantitative estimate of drug-likeness (QED) is 0.444. The van der Waals surface area contributed by atoms with Crippen molar-refractivity contribution in [2.75, 3.05) is 18.8 Å². The Bertz CT molecular complexity index is 152. The zero-order valence-electron chi connectivity index (χ0n) is 6.90. The highest BCUT2D eigenvalue weighted by Gasteiger charge is 2.09. The van der Waals surface area contributed by atoms with E-state index in [4.69, 9.17) is 5.73 Å². The summed E-state index contributed by atoms with van der Waals surface area (Å²) in [7, 11) is 0. The Morgan fingerprint density at radius 3 is 2.67 bits per heavy atom. The minimum Gasteiger partial charge on any atom is -0.330 e. The average molecular weight is 190 g/mol. The highest BCUT2D eigenvalue weighted by atomic mass is 32.1. The minimum absolute atomic E-state index is 0.187. The summed E-state index contributed by atoms with van der Waals surface area (Å²) < 4.78 is 0. The van der Waals surface area contributed by atoms with E-state index in [0.717, 1.165) is 4.90 Å². The maximum absolute atomic E-state index is 11.1. The Labute approximate surface area is 77.5 Å². The van der Waals surface area contributed by atoms with E-state index in [1.54, 1.807) is 0 Å². The van der Waals surface area contributed by atoms with Gasteiger partial charge in [-0.2, -0.15) is 12.6 Å². The molecule has 5 heteroatoms. The molecule has 0 spiro atoms. The van der Waals surface area contributed by atoms with Gasteiger partial charge in [0, 0.05) is 13.0 Å². The summed E-state index contributed by atoms with van der Waals surface area (Å²) in [6.45, 7) is 0.894. The number of thiol groups is 1. The number of hydrogen-bond acceptors (Lipinski definition) is 4. The molecule has 0 bridgehead atoms. The zero-order valence-corrected chi connectivity index (χ0v) is 7.80. The Balaban J connectivity index is 3.79. The average Bonchev–Trinajstić information content (AvgIpc) is 2.06. The summed E-state index contributed by atoms with van der Waals surface area (Å²) >= 11 is 3.90. The highest BCUT2D eigenvalue weighted by molar-refractivity contribution is 7.80. The van der Waals surface area contributed by atoms with Crippen molar-refractivity contribution >= 4 is 24.9 Å². The monoisotopic (exact) mass is 190 g/mol. The summed E-state index contributed by atoms with van der Waals surface area (Å²) in [4.78, 5) is 22.6. The van der Waals surface area contributed by atoms with E-state index >= 15 is 0 Å². The van der Waals surface area contributed by atoms with Crippen molar-refractivity contribution in [2.45, 2.75) is 12.8 Å². The van der Waals surface area contributed by atoms with Crippen LogP contribution >= 0.6 is 12.6 Å². The molecule has 0 aromatic rings. The predicted molar refractivity (Wildman–Crippen MR) is 49.9 cm³/mol. The molecule has 12 heavy (non-hydrogen) atoms. The molecule has 0 radical (unpaired) electrons. The molecule has 0 saturated carbocycles. The molecule has 2 N–H and O–H groups in total. The molecule has 70 valence electrons. The molecule has 4 nitrogen and oxygen atoms in total. The fourth-order valence-electron chi connectivity index (χ4n) is 0.737. The molecule has 0 fully saturated rings. The van der Waals surface area contributed by atoms with Crippen LogP contribution in [0.1, 0.15) is 12.8 Å². The fraction of sp³-hybridized carbons (Fsp3) is 0.714. The van der Waals surface area contributed by atoms with Gasteiger partial charge in [-0.3, -0.25) is 14.5 Å². The number of imide groups is 1. The molecule has 0 aromatic carbocycles. The highest BCUT2D eigenvalue weighted by Crippen LogP contribution is 1.94. The summed E-state index contributed by atoms with van der Waals surface area (Å²) in [5.41, 5.74) is 5.24. The van der Waals surface area contributed by atoms with E-state index in [0.29, 0.717) is 38.1 Å². The summed E-state index contributed by atoms with van der Waals surface area (Å²) in [5.74, 6) is 0.277. The van der Waals surface area contributed by atoms with Crippen LogP contribution in [0.3, 0.4) is 0 Å². The Kier molecular flexibility index (Phi) is 6.79. The van der Waals surface area contributed by atoms with Crippen molar-refractivity contribution < 1.29 is 9.59 Å². The molecule has 0 saturated heterocycles. The van der Waals surface area contributed by atoms with Crippen LogP contribution in [0, 0.1) is 0 Å². The summed E-state index contributed by atoms with van der Waals surface area (Å²) in [6.07, 6.45) is 1.49. The van der Waals surface area contributed by atoms with E-state index in [9.17, 15) is 9.59 Å². The molecular weight excluding hydrogens is 176 g/mol. The van der Waals surface area contributed by atoms with Gasteiger partial charge in [0.25, 0.3) is 0 Å². The lowest BCUT2D eigenvalue weighted by Crippen LogP contribution is -2.31. The maximum Gasteiger partial charge on any atom is 0.229 e. The number of hydrogen-bond donors (Lipinski definition) is 2. The molecular formula is C7H14N2O2S. The van der Waals surface area contributed by atoms with E-state index < -0.39 is 0 Å².